The van der Waals surface area contributed by atoms with E-state index in [0.29, 0.717) is 0 Å². The van der Waals surface area contributed by atoms with Crippen molar-refractivity contribution >= 4 is 66.3 Å². The summed E-state index contributed by atoms with van der Waals surface area (Å²) >= 11 is 1.75. The van der Waals surface area contributed by atoms with Crippen LogP contribution in [-0.2, 0) is 0 Å². The molecule has 4 aromatic carbocycles. The van der Waals surface area contributed by atoms with Gasteiger partial charge in [-0.1, -0.05) is 74.0 Å². The minimum atomic E-state index is 0. The van der Waals surface area contributed by atoms with Crippen LogP contribution in [0.3, 0.4) is 0 Å². The minimum absolute atomic E-state index is 0. The summed E-state index contributed by atoms with van der Waals surface area (Å²) in [5.74, 6) is 0.0269. The predicted octanol–water partition coefficient (Wildman–Crippen LogP) is 7.31. The molecule has 0 saturated carbocycles. The van der Waals surface area contributed by atoms with E-state index in [1.807, 2.05) is 12.1 Å². The first-order chi connectivity index (χ1) is 17.7. The standard InChI is InChI=1S/C31H31N3OS.ClH/c1-2-9-29(32-31(35)25-14-8-17-28-30(25)24-13-5-6-16-27(24)36-28)34-20-18-33(19-21-34)26-15-7-11-22-10-3-4-12-23(22)26;/h3-8,10-17,29H,2,9,18-21H2,1H3,(H,32,35);1H. The van der Waals surface area contributed by atoms with Gasteiger partial charge in [-0.25, -0.2) is 0 Å². The van der Waals surface area contributed by atoms with Crippen LogP contribution in [0.4, 0.5) is 5.69 Å². The highest BCUT2D eigenvalue weighted by atomic mass is 35.5. The van der Waals surface area contributed by atoms with Crippen LogP contribution in [-0.4, -0.2) is 43.2 Å². The number of hydrogen-bond donors (Lipinski definition) is 1. The first-order valence-electron chi connectivity index (χ1n) is 12.9. The molecule has 1 fully saturated rings. The van der Waals surface area contributed by atoms with Crippen LogP contribution >= 0.6 is 23.7 Å². The van der Waals surface area contributed by atoms with Crippen LogP contribution in [0.25, 0.3) is 30.9 Å². The van der Waals surface area contributed by atoms with Crippen molar-refractivity contribution in [2.24, 2.45) is 0 Å². The Hall–Kier alpha value is -3.12. The number of carbonyl (C=O) groups excluding carboxylic acids is 1. The zero-order chi connectivity index (χ0) is 24.5. The summed E-state index contributed by atoms with van der Waals surface area (Å²) in [7, 11) is 0. The normalized spacial score (nSPS) is 15.1. The third-order valence-corrected chi connectivity index (χ3v) is 8.51. The van der Waals surface area contributed by atoms with Gasteiger partial charge in [0.2, 0.25) is 0 Å². The Labute approximate surface area is 228 Å². The Kier molecular flexibility index (Phi) is 7.65. The number of piperazine rings is 1. The Morgan fingerprint density at radius 3 is 2.32 bits per heavy atom. The van der Waals surface area contributed by atoms with E-state index in [1.165, 1.54) is 31.2 Å². The molecule has 6 rings (SSSR count). The van der Waals surface area contributed by atoms with Gasteiger partial charge in [-0.3, -0.25) is 9.69 Å². The van der Waals surface area contributed by atoms with E-state index < -0.39 is 0 Å². The molecule has 2 heterocycles. The Morgan fingerprint density at radius 2 is 1.51 bits per heavy atom. The van der Waals surface area contributed by atoms with E-state index in [-0.39, 0.29) is 24.5 Å². The second-order valence-corrected chi connectivity index (χ2v) is 10.7. The molecule has 1 aliphatic rings. The summed E-state index contributed by atoms with van der Waals surface area (Å²) in [6, 6.07) is 29.6. The molecule has 0 aliphatic carbocycles. The SMILES string of the molecule is CCCC(NC(=O)c1cccc2sc3ccccc3c12)N1CCN(c2cccc3ccccc23)CC1.Cl. The number of nitrogens with zero attached hydrogens (tertiary/aromatic N) is 2. The topological polar surface area (TPSA) is 35.6 Å². The highest BCUT2D eigenvalue weighted by Gasteiger charge is 2.26. The Bertz CT molecular complexity index is 1530. The van der Waals surface area contributed by atoms with Gasteiger partial charge in [-0.15, -0.1) is 23.7 Å². The van der Waals surface area contributed by atoms with Crippen molar-refractivity contribution in [3.63, 3.8) is 0 Å². The quantitative estimate of drug-likeness (QED) is 0.250. The zero-order valence-electron chi connectivity index (χ0n) is 21.0. The summed E-state index contributed by atoms with van der Waals surface area (Å²) in [6.07, 6.45) is 2.01. The van der Waals surface area contributed by atoms with Gasteiger partial charge in [0.25, 0.3) is 5.91 Å². The lowest BCUT2D eigenvalue weighted by Crippen LogP contribution is -2.56. The third kappa shape index (κ3) is 4.91. The minimum Gasteiger partial charge on any atom is -0.368 e. The van der Waals surface area contributed by atoms with E-state index in [0.717, 1.165) is 50.0 Å². The molecule has 1 atom stereocenters. The maximum atomic E-state index is 13.6. The molecular weight excluding hydrogens is 498 g/mol. The fourth-order valence-corrected chi connectivity index (χ4v) is 6.70. The van der Waals surface area contributed by atoms with Crippen LogP contribution in [0.15, 0.2) is 84.9 Å². The van der Waals surface area contributed by atoms with Crippen molar-refractivity contribution in [1.82, 2.24) is 10.2 Å². The van der Waals surface area contributed by atoms with Crippen molar-refractivity contribution in [2.45, 2.75) is 25.9 Å². The molecule has 5 aromatic rings. The van der Waals surface area contributed by atoms with Crippen LogP contribution in [0.2, 0.25) is 0 Å². The molecule has 1 unspecified atom stereocenters. The number of hydrogen-bond acceptors (Lipinski definition) is 4. The molecule has 1 aliphatic heterocycles. The van der Waals surface area contributed by atoms with E-state index in [4.69, 9.17) is 0 Å². The number of rotatable bonds is 6. The van der Waals surface area contributed by atoms with Gasteiger partial charge in [0.05, 0.1) is 6.17 Å². The lowest BCUT2D eigenvalue weighted by molar-refractivity contribution is 0.0826. The lowest BCUT2D eigenvalue weighted by atomic mass is 10.1. The third-order valence-electron chi connectivity index (χ3n) is 7.37. The molecule has 0 bridgehead atoms. The number of halogens is 1. The second-order valence-electron chi connectivity index (χ2n) is 9.58. The molecule has 1 aromatic heterocycles. The van der Waals surface area contributed by atoms with Gasteiger partial charge in [0.15, 0.2) is 0 Å². The lowest BCUT2D eigenvalue weighted by Gasteiger charge is -2.40. The van der Waals surface area contributed by atoms with Crippen LogP contribution in [0.5, 0.6) is 0 Å². The number of carbonyl (C=O) groups is 1. The van der Waals surface area contributed by atoms with Crippen molar-refractivity contribution in [2.75, 3.05) is 31.1 Å². The van der Waals surface area contributed by atoms with E-state index >= 15 is 0 Å². The van der Waals surface area contributed by atoms with Crippen LogP contribution in [0.1, 0.15) is 30.1 Å². The molecule has 1 N–H and O–H groups in total. The molecule has 1 saturated heterocycles. The summed E-state index contributed by atoms with van der Waals surface area (Å²) in [4.78, 5) is 18.6. The van der Waals surface area contributed by atoms with Gasteiger partial charge in [-0.2, -0.15) is 0 Å². The summed E-state index contributed by atoms with van der Waals surface area (Å²) in [5.41, 5.74) is 2.08. The summed E-state index contributed by atoms with van der Waals surface area (Å²) in [6.45, 7) is 5.96. The van der Waals surface area contributed by atoms with Crippen molar-refractivity contribution in [3.05, 3.63) is 90.5 Å². The van der Waals surface area contributed by atoms with Crippen molar-refractivity contribution < 1.29 is 4.79 Å². The smallest absolute Gasteiger partial charge is 0.253 e. The number of nitrogens with one attached hydrogen (secondary N) is 1. The fraction of sp³-hybridized carbons (Fsp3) is 0.258. The molecule has 37 heavy (non-hydrogen) atoms. The van der Waals surface area contributed by atoms with Crippen LogP contribution < -0.4 is 10.2 Å². The van der Waals surface area contributed by atoms with Crippen LogP contribution in [0, 0.1) is 0 Å². The predicted molar refractivity (Wildman–Crippen MR) is 160 cm³/mol. The van der Waals surface area contributed by atoms with E-state index in [2.05, 4.69) is 94.8 Å². The van der Waals surface area contributed by atoms with Gasteiger partial charge >= 0.3 is 0 Å². The molecule has 4 nitrogen and oxygen atoms in total. The number of amides is 1. The Balaban J connectivity index is 0.00000280. The number of benzene rings is 4. The Morgan fingerprint density at radius 1 is 0.838 bits per heavy atom. The van der Waals surface area contributed by atoms with Gasteiger partial charge in [0.1, 0.15) is 0 Å². The van der Waals surface area contributed by atoms with Crippen molar-refractivity contribution in [3.8, 4) is 0 Å². The number of thiophene rings is 1. The van der Waals surface area contributed by atoms with Gasteiger partial charge in [-0.05, 0) is 36.1 Å². The van der Waals surface area contributed by atoms with Crippen molar-refractivity contribution in [1.29, 1.82) is 0 Å². The maximum absolute atomic E-state index is 13.6. The maximum Gasteiger partial charge on any atom is 0.253 e. The highest BCUT2D eigenvalue weighted by Crippen LogP contribution is 2.36. The summed E-state index contributed by atoms with van der Waals surface area (Å²) < 4.78 is 2.39. The number of fused-ring (bicyclic) bond motifs is 4. The molecule has 0 radical (unpaired) electrons. The van der Waals surface area contributed by atoms with Gasteiger partial charge in [0, 0.05) is 63.0 Å². The first kappa shape index (κ1) is 25.5. The fourth-order valence-electron chi connectivity index (χ4n) is 5.57. The largest absolute Gasteiger partial charge is 0.368 e. The first-order valence-corrected chi connectivity index (χ1v) is 13.7. The molecular formula is C31H32ClN3OS. The average Bonchev–Trinajstić information content (AvgIpc) is 3.31. The monoisotopic (exact) mass is 529 g/mol. The van der Waals surface area contributed by atoms with E-state index in [1.54, 1.807) is 11.3 Å². The zero-order valence-corrected chi connectivity index (χ0v) is 22.7. The molecule has 6 heteroatoms. The molecule has 0 spiro atoms. The second kappa shape index (κ2) is 11.1. The average molecular weight is 530 g/mol. The molecule has 190 valence electrons. The van der Waals surface area contributed by atoms with Gasteiger partial charge < -0.3 is 10.2 Å². The molecule has 1 amide bonds. The summed E-state index contributed by atoms with van der Waals surface area (Å²) in [5, 5.41) is 8.24. The number of anilines is 1. The highest BCUT2D eigenvalue weighted by molar-refractivity contribution is 7.25. The van der Waals surface area contributed by atoms with E-state index in [9.17, 15) is 4.79 Å².